The van der Waals surface area contributed by atoms with Crippen molar-refractivity contribution in [3.8, 4) is 0 Å². The Morgan fingerprint density at radius 3 is 2.50 bits per heavy atom. The highest BCUT2D eigenvalue weighted by Crippen LogP contribution is 2.68. The third kappa shape index (κ3) is 3.64. The molecule has 4 unspecified atom stereocenters. The SMILES string of the molecule is CCN[C@@H]1CC[C@]2(C)C3CC[C@@]4(C)C(CC[C@@H]4C(C)CCC(N)=O)C3[C@H](O)C[C@@H]2C1. The Kier molecular flexibility index (Phi) is 6.31. The first kappa shape index (κ1) is 22.6. The first-order chi connectivity index (χ1) is 14.2. The molecule has 30 heavy (non-hydrogen) atoms. The van der Waals surface area contributed by atoms with Crippen LogP contribution < -0.4 is 11.1 Å². The van der Waals surface area contributed by atoms with Crippen LogP contribution in [-0.2, 0) is 4.79 Å². The molecule has 10 atom stereocenters. The number of fused-ring (bicyclic) bond motifs is 5. The monoisotopic (exact) mass is 418 g/mol. The lowest BCUT2D eigenvalue weighted by molar-refractivity contribution is -0.167. The minimum Gasteiger partial charge on any atom is -0.393 e. The van der Waals surface area contributed by atoms with Crippen LogP contribution in [0.5, 0.6) is 0 Å². The summed E-state index contributed by atoms with van der Waals surface area (Å²) in [5.74, 6) is 3.54. The van der Waals surface area contributed by atoms with E-state index in [1.807, 2.05) is 0 Å². The summed E-state index contributed by atoms with van der Waals surface area (Å²) >= 11 is 0. The third-order valence-electron chi connectivity index (χ3n) is 10.8. The number of carbonyl (C=O) groups is 1. The Hall–Kier alpha value is -0.610. The van der Waals surface area contributed by atoms with Gasteiger partial charge in [-0.15, -0.1) is 0 Å². The maximum atomic E-state index is 11.5. The van der Waals surface area contributed by atoms with Crippen LogP contribution in [0.15, 0.2) is 0 Å². The van der Waals surface area contributed by atoms with Gasteiger partial charge in [0, 0.05) is 12.5 Å². The molecular formula is C26H46N2O2. The van der Waals surface area contributed by atoms with Crippen molar-refractivity contribution in [1.29, 1.82) is 0 Å². The van der Waals surface area contributed by atoms with E-state index in [9.17, 15) is 9.90 Å². The van der Waals surface area contributed by atoms with E-state index in [1.165, 1.54) is 44.9 Å². The molecule has 0 aromatic heterocycles. The van der Waals surface area contributed by atoms with Gasteiger partial charge in [0.15, 0.2) is 0 Å². The minimum absolute atomic E-state index is 0.127. The molecule has 4 rings (SSSR count). The number of aliphatic hydroxyl groups is 1. The fraction of sp³-hybridized carbons (Fsp3) is 0.962. The highest BCUT2D eigenvalue weighted by atomic mass is 16.3. The van der Waals surface area contributed by atoms with E-state index < -0.39 is 0 Å². The molecule has 172 valence electrons. The van der Waals surface area contributed by atoms with Crippen molar-refractivity contribution in [3.63, 3.8) is 0 Å². The van der Waals surface area contributed by atoms with Gasteiger partial charge in [-0.3, -0.25) is 4.79 Å². The number of rotatable bonds is 6. The first-order valence-electron chi connectivity index (χ1n) is 12.9. The second kappa shape index (κ2) is 8.39. The van der Waals surface area contributed by atoms with E-state index in [-0.39, 0.29) is 12.0 Å². The minimum atomic E-state index is -0.167. The molecule has 4 heteroatoms. The van der Waals surface area contributed by atoms with E-state index in [0.29, 0.717) is 58.8 Å². The average Bonchev–Trinajstić information content (AvgIpc) is 3.04. The van der Waals surface area contributed by atoms with Gasteiger partial charge in [-0.1, -0.05) is 27.7 Å². The summed E-state index contributed by atoms with van der Waals surface area (Å²) < 4.78 is 0. The molecule has 0 spiro atoms. The Labute approximate surface area is 184 Å². The highest BCUT2D eigenvalue weighted by Gasteiger charge is 2.62. The summed E-state index contributed by atoms with van der Waals surface area (Å²) in [6.45, 7) is 10.7. The van der Waals surface area contributed by atoms with Gasteiger partial charge in [0.25, 0.3) is 0 Å². The zero-order chi connectivity index (χ0) is 21.7. The zero-order valence-corrected chi connectivity index (χ0v) is 19.8. The van der Waals surface area contributed by atoms with Crippen molar-refractivity contribution < 1.29 is 9.90 Å². The van der Waals surface area contributed by atoms with E-state index in [0.717, 1.165) is 19.4 Å². The molecule has 0 bridgehead atoms. The topological polar surface area (TPSA) is 75.3 Å². The van der Waals surface area contributed by atoms with Gasteiger partial charge in [-0.25, -0.2) is 0 Å². The van der Waals surface area contributed by atoms with Crippen LogP contribution in [0.4, 0.5) is 0 Å². The standard InChI is InChI=1S/C26H46N2O2/c1-5-28-18-10-12-25(3)17(14-18)15-22(29)24-20-8-7-19(16(2)6-9-23(27)30)26(20,4)13-11-21(24)25/h16-22,24,28-29H,5-15H2,1-4H3,(H2,27,30)/t16?,17-,18+,19+,20?,21?,22+,24?,25-,26+/m0/s1. The molecule has 0 saturated heterocycles. The van der Waals surface area contributed by atoms with Crippen molar-refractivity contribution in [3.05, 3.63) is 0 Å². The third-order valence-corrected chi connectivity index (χ3v) is 10.8. The summed E-state index contributed by atoms with van der Waals surface area (Å²) in [5.41, 5.74) is 6.17. The van der Waals surface area contributed by atoms with Gasteiger partial charge in [0.05, 0.1) is 6.10 Å². The summed E-state index contributed by atoms with van der Waals surface area (Å²) in [7, 11) is 0. The van der Waals surface area contributed by atoms with Crippen LogP contribution in [0.25, 0.3) is 0 Å². The maximum Gasteiger partial charge on any atom is 0.217 e. The van der Waals surface area contributed by atoms with Crippen molar-refractivity contribution in [2.24, 2.45) is 52.1 Å². The van der Waals surface area contributed by atoms with Gasteiger partial charge >= 0.3 is 0 Å². The Bertz CT molecular complexity index is 639. The molecule has 4 nitrogen and oxygen atoms in total. The summed E-state index contributed by atoms with van der Waals surface area (Å²) in [5, 5.41) is 15.1. The molecule has 1 amide bonds. The second-order valence-electron chi connectivity index (χ2n) is 12.0. The predicted octanol–water partition coefficient (Wildman–Crippen LogP) is 4.50. The number of amides is 1. The smallest absolute Gasteiger partial charge is 0.217 e. The highest BCUT2D eigenvalue weighted by molar-refractivity contribution is 5.73. The van der Waals surface area contributed by atoms with Gasteiger partial charge in [0.2, 0.25) is 5.91 Å². The van der Waals surface area contributed by atoms with Crippen molar-refractivity contribution in [1.82, 2.24) is 5.32 Å². The van der Waals surface area contributed by atoms with Crippen LogP contribution in [0.1, 0.15) is 91.9 Å². The number of hydrogen-bond acceptors (Lipinski definition) is 3. The maximum absolute atomic E-state index is 11.5. The molecule has 0 aliphatic heterocycles. The van der Waals surface area contributed by atoms with Crippen molar-refractivity contribution in [2.45, 2.75) is 104 Å². The number of nitrogens with one attached hydrogen (secondary N) is 1. The van der Waals surface area contributed by atoms with Crippen LogP contribution in [0.3, 0.4) is 0 Å². The Morgan fingerprint density at radius 2 is 1.80 bits per heavy atom. The number of carbonyl (C=O) groups excluding carboxylic acids is 1. The fourth-order valence-electron chi connectivity index (χ4n) is 9.24. The summed E-state index contributed by atoms with van der Waals surface area (Å²) in [4.78, 5) is 11.3. The van der Waals surface area contributed by atoms with E-state index >= 15 is 0 Å². The first-order valence-corrected chi connectivity index (χ1v) is 12.9. The lowest BCUT2D eigenvalue weighted by atomic mass is 9.43. The van der Waals surface area contributed by atoms with Crippen molar-refractivity contribution in [2.75, 3.05) is 6.54 Å². The normalized spacial score (nSPS) is 49.0. The summed E-state index contributed by atoms with van der Waals surface area (Å²) in [6.07, 6.45) is 11.3. The number of nitrogens with two attached hydrogens (primary N) is 1. The van der Waals surface area contributed by atoms with E-state index in [1.54, 1.807) is 0 Å². The molecular weight excluding hydrogens is 372 g/mol. The van der Waals surface area contributed by atoms with Crippen LogP contribution in [0, 0.1) is 46.3 Å². The number of hydrogen-bond donors (Lipinski definition) is 3. The van der Waals surface area contributed by atoms with Crippen LogP contribution in [0.2, 0.25) is 0 Å². The molecule has 0 aromatic carbocycles. The van der Waals surface area contributed by atoms with Gasteiger partial charge in [-0.2, -0.15) is 0 Å². The molecule has 4 aliphatic rings. The largest absolute Gasteiger partial charge is 0.393 e. The van der Waals surface area contributed by atoms with Gasteiger partial charge < -0.3 is 16.2 Å². The quantitative estimate of drug-likeness (QED) is 0.595. The number of primary amides is 1. The van der Waals surface area contributed by atoms with Gasteiger partial charge in [-0.05, 0) is 111 Å². The van der Waals surface area contributed by atoms with Crippen LogP contribution in [-0.4, -0.2) is 29.7 Å². The average molecular weight is 419 g/mol. The Balaban J connectivity index is 1.52. The molecule has 0 heterocycles. The molecule has 0 radical (unpaired) electrons. The van der Waals surface area contributed by atoms with E-state index in [2.05, 4.69) is 33.0 Å². The Morgan fingerprint density at radius 1 is 1.10 bits per heavy atom. The van der Waals surface area contributed by atoms with Crippen molar-refractivity contribution >= 4 is 5.91 Å². The molecule has 4 saturated carbocycles. The second-order valence-corrected chi connectivity index (χ2v) is 12.0. The molecule has 4 N–H and O–H groups in total. The molecule has 4 aliphatic carbocycles. The molecule has 0 aromatic rings. The predicted molar refractivity (Wildman–Crippen MR) is 122 cm³/mol. The van der Waals surface area contributed by atoms with Crippen LogP contribution >= 0.6 is 0 Å². The summed E-state index contributed by atoms with van der Waals surface area (Å²) in [6, 6.07) is 0.646. The fourth-order valence-corrected chi connectivity index (χ4v) is 9.24. The zero-order valence-electron chi connectivity index (χ0n) is 19.8. The lowest BCUT2D eigenvalue weighted by Crippen LogP contribution is -2.59. The van der Waals surface area contributed by atoms with E-state index in [4.69, 9.17) is 5.73 Å². The van der Waals surface area contributed by atoms with Gasteiger partial charge in [0.1, 0.15) is 0 Å². The molecule has 4 fully saturated rings. The number of aliphatic hydroxyl groups excluding tert-OH is 1. The lowest BCUT2D eigenvalue weighted by Gasteiger charge is -2.62.